The number of nitrogens with one attached hydrogen (secondary N) is 2. The molecule has 2 N–H and O–H groups in total. The third kappa shape index (κ3) is 4.00. The molecule has 128 valence electrons. The zero-order valence-electron chi connectivity index (χ0n) is 13.4. The molecule has 2 aromatic carbocycles. The molecule has 3 rings (SSSR count). The Labute approximate surface area is 150 Å². The highest BCUT2D eigenvalue weighted by Crippen LogP contribution is 2.31. The number of carbonyl (C=O) groups is 2. The topological polar surface area (TPSA) is 67.4 Å². The Morgan fingerprint density at radius 1 is 1.12 bits per heavy atom. The Balaban J connectivity index is 1.79. The van der Waals surface area contributed by atoms with Crippen molar-refractivity contribution in [2.45, 2.75) is 12.6 Å². The molecule has 2 aromatic rings. The molecule has 6 heteroatoms. The van der Waals surface area contributed by atoms with E-state index in [0.717, 1.165) is 11.1 Å². The van der Waals surface area contributed by atoms with Gasteiger partial charge in [-0.25, -0.2) is 4.79 Å². The molecule has 0 aliphatic carbocycles. The summed E-state index contributed by atoms with van der Waals surface area (Å²) in [6.07, 6.45) is 0. The Morgan fingerprint density at radius 2 is 1.80 bits per heavy atom. The van der Waals surface area contributed by atoms with E-state index in [-0.39, 0.29) is 6.61 Å². The number of rotatable bonds is 4. The van der Waals surface area contributed by atoms with E-state index in [0.29, 0.717) is 10.7 Å². The summed E-state index contributed by atoms with van der Waals surface area (Å²) in [5, 5.41) is 5.88. The highest BCUT2D eigenvalue weighted by Gasteiger charge is 2.38. The van der Waals surface area contributed by atoms with Gasteiger partial charge in [0.25, 0.3) is 0 Å². The van der Waals surface area contributed by atoms with Crippen molar-refractivity contribution in [1.82, 2.24) is 10.6 Å². The highest BCUT2D eigenvalue weighted by atomic mass is 35.5. The lowest BCUT2D eigenvalue weighted by molar-refractivity contribution is -0.149. The minimum atomic E-state index is -0.734. The second-order valence-electron chi connectivity index (χ2n) is 5.72. The molecule has 1 saturated heterocycles. The largest absolute Gasteiger partial charge is 0.460 e. The van der Waals surface area contributed by atoms with E-state index >= 15 is 0 Å². The molecule has 5 nitrogen and oxygen atoms in total. The lowest BCUT2D eigenvalue weighted by Crippen LogP contribution is -2.51. The summed E-state index contributed by atoms with van der Waals surface area (Å²) in [6.45, 7) is 3.97. The van der Waals surface area contributed by atoms with Crippen molar-refractivity contribution in [1.29, 1.82) is 0 Å². The highest BCUT2D eigenvalue weighted by molar-refractivity contribution is 6.30. The number of ether oxygens (including phenoxy) is 1. The molecule has 0 saturated carbocycles. The van der Waals surface area contributed by atoms with Crippen LogP contribution in [0.5, 0.6) is 0 Å². The average Bonchev–Trinajstić information content (AvgIpc) is 2.60. The molecule has 25 heavy (non-hydrogen) atoms. The lowest BCUT2D eigenvalue weighted by Gasteiger charge is -2.33. The average molecular weight is 357 g/mol. The fraction of sp³-hybridized carbons (Fsp3) is 0.158. The van der Waals surface area contributed by atoms with E-state index in [9.17, 15) is 9.59 Å². The zero-order chi connectivity index (χ0) is 17.8. The molecule has 1 heterocycles. The van der Waals surface area contributed by atoms with Crippen LogP contribution in [-0.4, -0.2) is 12.0 Å². The first-order valence-electron chi connectivity index (χ1n) is 7.77. The quantitative estimate of drug-likeness (QED) is 0.823. The van der Waals surface area contributed by atoms with E-state index in [4.69, 9.17) is 16.3 Å². The summed E-state index contributed by atoms with van der Waals surface area (Å²) in [6, 6.07) is 15.4. The van der Waals surface area contributed by atoms with Crippen molar-refractivity contribution in [2.75, 3.05) is 0 Å². The Hall–Kier alpha value is -2.79. The predicted octanol–water partition coefficient (Wildman–Crippen LogP) is 3.57. The van der Waals surface area contributed by atoms with Crippen LogP contribution in [0.4, 0.5) is 4.79 Å². The van der Waals surface area contributed by atoms with Gasteiger partial charge in [-0.1, -0.05) is 60.6 Å². The maximum atomic E-state index is 12.6. The van der Waals surface area contributed by atoms with Crippen LogP contribution >= 0.6 is 11.6 Å². The van der Waals surface area contributed by atoms with Crippen LogP contribution < -0.4 is 10.6 Å². The van der Waals surface area contributed by atoms with Gasteiger partial charge in [-0.2, -0.15) is 0 Å². The number of esters is 1. The standard InChI is InChI=1S/C19H17ClN2O3/c1-12-16(18(23)25-11-13-5-3-2-4-6-13)17(22-19(24)21-12)14-7-9-15(20)10-8-14/h2-10,16-17H,1,11H2,(H2,21,22,24). The molecule has 2 atom stereocenters. The van der Waals surface area contributed by atoms with Crippen molar-refractivity contribution < 1.29 is 14.3 Å². The molecule has 1 aliphatic heterocycles. The normalized spacial score (nSPS) is 19.7. The van der Waals surface area contributed by atoms with Gasteiger partial charge in [0.2, 0.25) is 0 Å². The van der Waals surface area contributed by atoms with Crippen LogP contribution in [0, 0.1) is 5.92 Å². The number of benzene rings is 2. The van der Waals surface area contributed by atoms with Crippen molar-refractivity contribution in [3.05, 3.63) is 83.0 Å². The van der Waals surface area contributed by atoms with Gasteiger partial charge in [0.05, 0.1) is 6.04 Å². The first kappa shape index (κ1) is 17.0. The SMILES string of the molecule is C=C1NC(=O)NC(c2ccc(Cl)cc2)C1C(=O)OCc1ccccc1. The molecule has 1 aliphatic rings. The van der Waals surface area contributed by atoms with Crippen molar-refractivity contribution in [2.24, 2.45) is 5.92 Å². The number of carbonyl (C=O) groups excluding carboxylic acids is 2. The Bertz CT molecular complexity index is 790. The van der Waals surface area contributed by atoms with Crippen LogP contribution in [0.2, 0.25) is 5.02 Å². The van der Waals surface area contributed by atoms with Gasteiger partial charge in [0, 0.05) is 10.7 Å². The van der Waals surface area contributed by atoms with Crippen LogP contribution in [0.15, 0.2) is 66.9 Å². The van der Waals surface area contributed by atoms with Gasteiger partial charge in [-0.3, -0.25) is 4.79 Å². The lowest BCUT2D eigenvalue weighted by atomic mass is 9.89. The van der Waals surface area contributed by atoms with Gasteiger partial charge >= 0.3 is 12.0 Å². The second kappa shape index (κ2) is 7.40. The van der Waals surface area contributed by atoms with Crippen molar-refractivity contribution >= 4 is 23.6 Å². The van der Waals surface area contributed by atoms with Gasteiger partial charge in [0.1, 0.15) is 12.5 Å². The molecule has 0 radical (unpaired) electrons. The number of amides is 2. The van der Waals surface area contributed by atoms with Crippen LogP contribution in [0.1, 0.15) is 17.2 Å². The number of halogens is 1. The predicted molar refractivity (Wildman–Crippen MR) is 94.7 cm³/mol. The Kier molecular flexibility index (Phi) is 5.05. The molecule has 0 aromatic heterocycles. The fourth-order valence-corrected chi connectivity index (χ4v) is 2.85. The number of urea groups is 1. The number of hydrogen-bond acceptors (Lipinski definition) is 3. The van der Waals surface area contributed by atoms with Crippen molar-refractivity contribution in [3.63, 3.8) is 0 Å². The summed E-state index contributed by atoms with van der Waals surface area (Å²) in [4.78, 5) is 24.4. The zero-order valence-corrected chi connectivity index (χ0v) is 14.1. The smallest absolute Gasteiger partial charge is 0.319 e. The van der Waals surface area contributed by atoms with Crippen LogP contribution in [0.3, 0.4) is 0 Å². The molecule has 0 spiro atoms. The summed E-state index contributed by atoms with van der Waals surface area (Å²) in [5.41, 5.74) is 1.95. The first-order valence-corrected chi connectivity index (χ1v) is 8.15. The molecule has 0 bridgehead atoms. The summed E-state index contributed by atoms with van der Waals surface area (Å²) >= 11 is 5.92. The van der Waals surface area contributed by atoms with Gasteiger partial charge in [-0.05, 0) is 23.3 Å². The molecular formula is C19H17ClN2O3. The van der Waals surface area contributed by atoms with E-state index in [1.807, 2.05) is 30.3 Å². The second-order valence-corrected chi connectivity index (χ2v) is 6.16. The van der Waals surface area contributed by atoms with E-state index < -0.39 is 24.0 Å². The first-order chi connectivity index (χ1) is 12.0. The Morgan fingerprint density at radius 3 is 2.48 bits per heavy atom. The summed E-state index contributed by atoms with van der Waals surface area (Å²) in [7, 11) is 0. The number of hydrogen-bond donors (Lipinski definition) is 2. The third-order valence-electron chi connectivity index (χ3n) is 3.98. The third-order valence-corrected chi connectivity index (χ3v) is 4.23. The fourth-order valence-electron chi connectivity index (χ4n) is 2.73. The molecule has 1 fully saturated rings. The summed E-state index contributed by atoms with van der Waals surface area (Å²) < 4.78 is 5.43. The van der Waals surface area contributed by atoms with Gasteiger partial charge in [0.15, 0.2) is 0 Å². The van der Waals surface area contributed by atoms with Crippen LogP contribution in [0.25, 0.3) is 0 Å². The van der Waals surface area contributed by atoms with E-state index in [1.165, 1.54) is 0 Å². The van der Waals surface area contributed by atoms with E-state index in [2.05, 4.69) is 17.2 Å². The monoisotopic (exact) mass is 356 g/mol. The van der Waals surface area contributed by atoms with E-state index in [1.54, 1.807) is 24.3 Å². The van der Waals surface area contributed by atoms with Gasteiger partial charge in [-0.15, -0.1) is 0 Å². The van der Waals surface area contributed by atoms with Gasteiger partial charge < -0.3 is 15.4 Å². The minimum absolute atomic E-state index is 0.157. The summed E-state index contributed by atoms with van der Waals surface area (Å²) in [5.74, 6) is -1.19. The van der Waals surface area contributed by atoms with Crippen LogP contribution in [-0.2, 0) is 16.1 Å². The minimum Gasteiger partial charge on any atom is -0.460 e. The molecule has 2 amide bonds. The maximum Gasteiger partial charge on any atom is 0.319 e. The molecular weight excluding hydrogens is 340 g/mol. The molecule has 2 unspecified atom stereocenters. The maximum absolute atomic E-state index is 12.6. The van der Waals surface area contributed by atoms with Crippen molar-refractivity contribution in [3.8, 4) is 0 Å².